The van der Waals surface area contributed by atoms with Crippen molar-refractivity contribution in [3.05, 3.63) is 114 Å². The quantitative estimate of drug-likeness (QED) is 0.182. The highest BCUT2D eigenvalue weighted by Crippen LogP contribution is 2.39. The molecule has 2 heterocycles. The number of phenolic OH excluding ortho intramolecular Hbond substituents is 1. The number of fused-ring (bicyclic) bond motifs is 1. The number of aromatic hydroxyl groups is 1. The summed E-state index contributed by atoms with van der Waals surface area (Å²) in [6.07, 6.45) is 5.03. The lowest BCUT2D eigenvalue weighted by molar-refractivity contribution is 0.0950. The molecule has 0 aliphatic heterocycles. The summed E-state index contributed by atoms with van der Waals surface area (Å²) in [4.78, 5) is 21.5. The Bertz CT molecular complexity index is 1620. The van der Waals surface area contributed by atoms with Crippen LogP contribution in [-0.2, 0) is 0 Å². The number of amides is 1. The maximum atomic E-state index is 12.5. The number of nitrogens with zero attached hydrogens (tertiary/aromatic N) is 2. The number of carbonyl (C=O) groups is 1. The molecule has 2 aromatic heterocycles. The third-order valence-electron chi connectivity index (χ3n) is 6.90. The van der Waals surface area contributed by atoms with E-state index in [2.05, 4.69) is 27.4 Å². The Morgan fingerprint density at radius 1 is 0.854 bits per heavy atom. The van der Waals surface area contributed by atoms with Crippen molar-refractivity contribution in [2.75, 3.05) is 20.8 Å². The molecular weight excluding hydrogens is 518 g/mol. The number of benzene rings is 3. The van der Waals surface area contributed by atoms with E-state index in [9.17, 15) is 9.90 Å². The second-order valence-corrected chi connectivity index (χ2v) is 9.42. The Morgan fingerprint density at radius 2 is 1.66 bits per heavy atom. The fraction of sp³-hybridized carbons (Fsp3) is 0.182. The standard InChI is InChI=1S/C33H31N3O5/c1-39-29-16-15-26-28(18-20-34-31(26)32(29)40-2)41-30-17-14-23(21-36-30)24(22-9-4-3-5-10-22)12-8-19-35-33(38)25-11-6-7-13-27(25)37/h3-7,9-11,13-18,20-21,24,37H,8,12,19H2,1-2H3,(H,35,38). The molecule has 0 saturated carbocycles. The number of para-hydroxylation sites is 1. The Kier molecular flexibility index (Phi) is 8.59. The van der Waals surface area contributed by atoms with Crippen LogP contribution in [-0.4, -0.2) is 41.7 Å². The minimum absolute atomic E-state index is 0.0285. The summed E-state index contributed by atoms with van der Waals surface area (Å²) in [5.41, 5.74) is 3.11. The van der Waals surface area contributed by atoms with E-state index in [4.69, 9.17) is 14.2 Å². The van der Waals surface area contributed by atoms with Gasteiger partial charge in [0.25, 0.3) is 5.91 Å². The average Bonchev–Trinajstić information content (AvgIpc) is 3.01. The van der Waals surface area contributed by atoms with E-state index < -0.39 is 0 Å². The smallest absolute Gasteiger partial charge is 0.255 e. The molecule has 0 bridgehead atoms. The largest absolute Gasteiger partial charge is 0.507 e. The summed E-state index contributed by atoms with van der Waals surface area (Å²) in [5, 5.41) is 13.6. The summed E-state index contributed by atoms with van der Waals surface area (Å²) < 4.78 is 17.1. The van der Waals surface area contributed by atoms with E-state index >= 15 is 0 Å². The molecule has 0 saturated heterocycles. The van der Waals surface area contributed by atoms with Gasteiger partial charge in [0, 0.05) is 36.3 Å². The zero-order chi connectivity index (χ0) is 28.6. The van der Waals surface area contributed by atoms with Gasteiger partial charge in [-0.3, -0.25) is 9.78 Å². The van der Waals surface area contributed by atoms with Gasteiger partial charge in [0.2, 0.25) is 5.88 Å². The number of hydrogen-bond acceptors (Lipinski definition) is 7. The predicted octanol–water partition coefficient (Wildman–Crippen LogP) is 6.49. The number of pyridine rings is 2. The van der Waals surface area contributed by atoms with Gasteiger partial charge in [-0.25, -0.2) is 4.98 Å². The van der Waals surface area contributed by atoms with Gasteiger partial charge >= 0.3 is 0 Å². The molecular formula is C33H31N3O5. The zero-order valence-electron chi connectivity index (χ0n) is 22.9. The number of phenols is 1. The first-order chi connectivity index (χ1) is 20.1. The Morgan fingerprint density at radius 3 is 2.39 bits per heavy atom. The van der Waals surface area contributed by atoms with Crippen LogP contribution in [0.2, 0.25) is 0 Å². The van der Waals surface area contributed by atoms with Crippen molar-refractivity contribution < 1.29 is 24.1 Å². The van der Waals surface area contributed by atoms with E-state index in [1.807, 2.05) is 48.7 Å². The normalized spacial score (nSPS) is 11.6. The molecule has 2 N–H and O–H groups in total. The van der Waals surface area contributed by atoms with Crippen LogP contribution >= 0.6 is 0 Å². The minimum atomic E-state index is -0.290. The van der Waals surface area contributed by atoms with Crippen molar-refractivity contribution in [3.8, 4) is 28.9 Å². The van der Waals surface area contributed by atoms with Gasteiger partial charge in [-0.2, -0.15) is 0 Å². The van der Waals surface area contributed by atoms with Gasteiger partial charge in [-0.1, -0.05) is 48.5 Å². The Hall–Kier alpha value is -5.11. The minimum Gasteiger partial charge on any atom is -0.507 e. The molecule has 41 heavy (non-hydrogen) atoms. The lowest BCUT2D eigenvalue weighted by Crippen LogP contribution is -2.24. The summed E-state index contributed by atoms with van der Waals surface area (Å²) in [5.74, 6) is 1.96. The van der Waals surface area contributed by atoms with E-state index in [-0.39, 0.29) is 23.1 Å². The summed E-state index contributed by atoms with van der Waals surface area (Å²) in [6.45, 7) is 0.481. The summed E-state index contributed by atoms with van der Waals surface area (Å²) >= 11 is 0. The van der Waals surface area contributed by atoms with Gasteiger partial charge in [0.05, 0.1) is 19.8 Å². The number of ether oxygens (including phenoxy) is 3. The number of carbonyl (C=O) groups excluding carboxylic acids is 1. The highest BCUT2D eigenvalue weighted by Gasteiger charge is 2.17. The van der Waals surface area contributed by atoms with E-state index in [0.29, 0.717) is 35.2 Å². The summed E-state index contributed by atoms with van der Waals surface area (Å²) in [6, 6.07) is 26.1. The second-order valence-electron chi connectivity index (χ2n) is 9.42. The number of nitrogens with one attached hydrogen (secondary N) is 1. The highest BCUT2D eigenvalue weighted by molar-refractivity contribution is 5.96. The summed E-state index contributed by atoms with van der Waals surface area (Å²) in [7, 11) is 3.17. The number of rotatable bonds is 11. The van der Waals surface area contributed by atoms with Gasteiger partial charge in [-0.15, -0.1) is 0 Å². The van der Waals surface area contributed by atoms with Crippen molar-refractivity contribution in [1.82, 2.24) is 15.3 Å². The number of methoxy groups -OCH3 is 2. The second kappa shape index (κ2) is 12.8. The molecule has 208 valence electrons. The molecule has 1 amide bonds. The fourth-order valence-corrected chi connectivity index (χ4v) is 4.85. The Labute approximate surface area is 238 Å². The van der Waals surface area contributed by atoms with Crippen molar-refractivity contribution in [3.63, 3.8) is 0 Å². The van der Waals surface area contributed by atoms with E-state index in [1.165, 1.54) is 6.07 Å². The molecule has 0 spiro atoms. The molecule has 1 atom stereocenters. The van der Waals surface area contributed by atoms with Crippen LogP contribution < -0.4 is 19.5 Å². The van der Waals surface area contributed by atoms with E-state index in [0.717, 1.165) is 29.4 Å². The number of aromatic nitrogens is 2. The SMILES string of the molecule is COc1ccc2c(Oc3ccc(C(CCCNC(=O)c4ccccc4O)c4ccccc4)cn3)ccnc2c1OC. The molecule has 5 aromatic rings. The maximum Gasteiger partial charge on any atom is 0.255 e. The van der Waals surface area contributed by atoms with Gasteiger partial charge in [0.15, 0.2) is 11.5 Å². The molecule has 3 aromatic carbocycles. The molecule has 0 radical (unpaired) electrons. The van der Waals surface area contributed by atoms with Crippen molar-refractivity contribution in [1.29, 1.82) is 0 Å². The third kappa shape index (κ3) is 6.22. The lowest BCUT2D eigenvalue weighted by atomic mass is 9.88. The lowest BCUT2D eigenvalue weighted by Gasteiger charge is -2.18. The van der Waals surface area contributed by atoms with Gasteiger partial charge in [-0.05, 0) is 54.3 Å². The van der Waals surface area contributed by atoms with Crippen molar-refractivity contribution >= 4 is 16.8 Å². The first-order valence-corrected chi connectivity index (χ1v) is 13.3. The third-order valence-corrected chi connectivity index (χ3v) is 6.90. The predicted molar refractivity (Wildman–Crippen MR) is 157 cm³/mol. The van der Waals surface area contributed by atoms with Crippen molar-refractivity contribution in [2.24, 2.45) is 0 Å². The Balaban J connectivity index is 1.30. The first kappa shape index (κ1) is 27.5. The molecule has 0 aliphatic rings. The van der Waals surface area contributed by atoms with Crippen LogP contribution in [0.15, 0.2) is 97.3 Å². The van der Waals surface area contributed by atoms with Crippen molar-refractivity contribution in [2.45, 2.75) is 18.8 Å². The maximum absolute atomic E-state index is 12.5. The number of hydrogen-bond donors (Lipinski definition) is 2. The molecule has 0 aliphatic carbocycles. The van der Waals surface area contributed by atoms with E-state index in [1.54, 1.807) is 44.7 Å². The molecule has 8 heteroatoms. The van der Waals surface area contributed by atoms with Crippen LogP contribution in [0.1, 0.15) is 40.2 Å². The van der Waals surface area contributed by atoms with Crippen LogP contribution in [0.25, 0.3) is 10.9 Å². The fourth-order valence-electron chi connectivity index (χ4n) is 4.85. The average molecular weight is 550 g/mol. The van der Waals surface area contributed by atoms with Gasteiger partial charge in [0.1, 0.15) is 17.0 Å². The van der Waals surface area contributed by atoms with Crippen LogP contribution in [0, 0.1) is 0 Å². The highest BCUT2D eigenvalue weighted by atomic mass is 16.5. The zero-order valence-corrected chi connectivity index (χ0v) is 22.9. The van der Waals surface area contributed by atoms with Crippen LogP contribution in [0.4, 0.5) is 0 Å². The first-order valence-electron chi connectivity index (χ1n) is 13.3. The molecule has 1 unspecified atom stereocenters. The van der Waals surface area contributed by atoms with Crippen LogP contribution in [0.5, 0.6) is 28.9 Å². The molecule has 0 fully saturated rings. The monoisotopic (exact) mass is 549 g/mol. The topological polar surface area (TPSA) is 103 Å². The van der Waals surface area contributed by atoms with Crippen LogP contribution in [0.3, 0.4) is 0 Å². The molecule has 8 nitrogen and oxygen atoms in total. The molecule has 5 rings (SSSR count). The van der Waals surface area contributed by atoms with Gasteiger partial charge < -0.3 is 24.6 Å².